The Balaban J connectivity index is 1.70. The molecular weight excluding hydrogens is 611 g/mol. The molecule has 2 aromatic carbocycles. The smallest absolute Gasteiger partial charge is 0.339 e. The number of allylic oxidation sites excluding steroid dienone is 5. The van der Waals surface area contributed by atoms with Gasteiger partial charge >= 0.3 is 11.9 Å². The van der Waals surface area contributed by atoms with E-state index in [1.807, 2.05) is 12.1 Å². The number of rotatable bonds is 5. The predicted octanol–water partition coefficient (Wildman–Crippen LogP) is 5.58. The number of fused-ring (bicyclic) bond motifs is 2. The fourth-order valence-corrected chi connectivity index (χ4v) is 9.67. The van der Waals surface area contributed by atoms with E-state index in [4.69, 9.17) is 4.74 Å². The molecule has 11 heteroatoms. The van der Waals surface area contributed by atoms with Gasteiger partial charge < -0.3 is 14.7 Å². The average Bonchev–Trinajstić information content (AvgIpc) is 2.91. The molecule has 7 nitrogen and oxygen atoms in total. The van der Waals surface area contributed by atoms with Gasteiger partial charge in [-0.3, -0.25) is 4.79 Å². The fourth-order valence-electron chi connectivity index (χ4n) is 6.60. The summed E-state index contributed by atoms with van der Waals surface area (Å²) in [5, 5.41) is 22.0. The molecule has 1 N–H and O–H groups in total. The number of carboxylic acids is 1. The van der Waals surface area contributed by atoms with E-state index < -0.39 is 65.7 Å². The topological polar surface area (TPSA) is 93.6 Å². The number of aromatic carboxylic acids is 1. The molecule has 1 aliphatic carbocycles. The van der Waals surface area contributed by atoms with Crippen molar-refractivity contribution in [2.75, 3.05) is 31.1 Å². The van der Waals surface area contributed by atoms with Crippen LogP contribution >= 0.6 is 0 Å². The third-order valence-corrected chi connectivity index (χ3v) is 12.7. The van der Waals surface area contributed by atoms with Crippen molar-refractivity contribution in [3.05, 3.63) is 86.9 Å². The summed E-state index contributed by atoms with van der Waals surface area (Å²) < 4.78 is 56.1. The van der Waals surface area contributed by atoms with Crippen LogP contribution in [0, 0.1) is 28.8 Å². The van der Waals surface area contributed by atoms with Gasteiger partial charge in [-0.2, -0.15) is 5.26 Å². The van der Waals surface area contributed by atoms with Crippen molar-refractivity contribution in [3.8, 4) is 6.07 Å². The highest BCUT2D eigenvalue weighted by atomic mass is 28.3. The third-order valence-electron chi connectivity index (χ3n) is 9.21. The largest absolute Gasteiger partial charge is 0.478 e. The van der Waals surface area contributed by atoms with Crippen LogP contribution in [0.4, 0.5) is 18.9 Å². The Bertz CT molecular complexity index is 1890. The summed E-state index contributed by atoms with van der Waals surface area (Å²) in [6.07, 6.45) is 7.83. The maximum Gasteiger partial charge on any atom is 0.339 e. The van der Waals surface area contributed by atoms with Gasteiger partial charge in [0, 0.05) is 36.5 Å². The predicted molar refractivity (Wildman–Crippen MR) is 171 cm³/mol. The third kappa shape index (κ3) is 4.99. The van der Waals surface area contributed by atoms with E-state index in [0.717, 1.165) is 60.8 Å². The van der Waals surface area contributed by atoms with E-state index in [0.29, 0.717) is 11.1 Å². The number of ether oxygens (including phenoxy) is 1. The van der Waals surface area contributed by atoms with Gasteiger partial charge in [-0.05, 0) is 72.5 Å². The van der Waals surface area contributed by atoms with Crippen LogP contribution in [-0.4, -0.2) is 67.2 Å². The lowest BCUT2D eigenvalue weighted by molar-refractivity contribution is -0.582. The Morgan fingerprint density at radius 1 is 1.07 bits per heavy atom. The quantitative estimate of drug-likeness (QED) is 0.197. The van der Waals surface area contributed by atoms with Crippen LogP contribution in [0.3, 0.4) is 0 Å². The number of anilines is 1. The normalized spacial score (nSPS) is 18.9. The lowest BCUT2D eigenvalue weighted by Gasteiger charge is -2.40. The second kappa shape index (κ2) is 11.1. The summed E-state index contributed by atoms with van der Waals surface area (Å²) >= 11 is 0. The van der Waals surface area contributed by atoms with Gasteiger partial charge in [-0.1, -0.05) is 19.2 Å². The molecule has 46 heavy (non-hydrogen) atoms. The molecular formula is C35H35F3N3O4Si+. The molecule has 2 saturated heterocycles. The Morgan fingerprint density at radius 3 is 2.30 bits per heavy atom. The van der Waals surface area contributed by atoms with Crippen molar-refractivity contribution in [2.45, 2.75) is 58.2 Å². The van der Waals surface area contributed by atoms with Gasteiger partial charge in [0.2, 0.25) is 0 Å². The first-order valence-corrected chi connectivity index (χ1v) is 18.4. The SMILES string of the molecule is CC(C)(C)OC(=O)C(C#N)c1c(F)c(F)c(C(=O)O)c(C2=C3C=CC(=[N+]4CCC4)C=C3[Si](C)(C)c3cc(N4CCC4)ccc32)c1F. The summed E-state index contributed by atoms with van der Waals surface area (Å²) in [5.74, 6) is -10.6. The minimum atomic E-state index is -2.55. The molecule has 1 atom stereocenters. The van der Waals surface area contributed by atoms with Crippen molar-refractivity contribution in [2.24, 2.45) is 0 Å². The molecule has 0 aromatic heterocycles. The van der Waals surface area contributed by atoms with E-state index in [1.165, 1.54) is 20.8 Å². The highest BCUT2D eigenvalue weighted by Crippen LogP contribution is 2.46. The number of hydrogen-bond donors (Lipinski definition) is 1. The van der Waals surface area contributed by atoms with Gasteiger partial charge in [0.05, 0.1) is 18.1 Å². The van der Waals surface area contributed by atoms with E-state index in [-0.39, 0.29) is 5.57 Å². The molecule has 1 unspecified atom stereocenters. The minimum Gasteiger partial charge on any atom is -0.478 e. The van der Waals surface area contributed by atoms with Gasteiger partial charge in [-0.25, -0.2) is 22.5 Å². The molecule has 0 radical (unpaired) electrons. The molecule has 4 aliphatic rings. The Hall–Kier alpha value is -4.43. The van der Waals surface area contributed by atoms with E-state index in [9.17, 15) is 20.0 Å². The monoisotopic (exact) mass is 646 g/mol. The highest BCUT2D eigenvalue weighted by molar-refractivity contribution is 6.98. The number of carbonyl (C=O) groups is 2. The molecule has 0 spiro atoms. The lowest BCUT2D eigenvalue weighted by atomic mass is 9.83. The van der Waals surface area contributed by atoms with Crippen molar-refractivity contribution in [1.82, 2.24) is 0 Å². The number of halogens is 3. The zero-order valence-electron chi connectivity index (χ0n) is 26.4. The van der Waals surface area contributed by atoms with Gasteiger partial charge in [0.25, 0.3) is 0 Å². The summed E-state index contributed by atoms with van der Waals surface area (Å²) in [4.78, 5) is 27.9. The second-order valence-corrected chi connectivity index (χ2v) is 18.0. The summed E-state index contributed by atoms with van der Waals surface area (Å²) in [6, 6.07) is 7.28. The highest BCUT2D eigenvalue weighted by Gasteiger charge is 2.45. The van der Waals surface area contributed by atoms with Gasteiger partial charge in [-0.15, -0.1) is 0 Å². The molecule has 0 amide bonds. The maximum absolute atomic E-state index is 17.0. The first-order valence-electron chi connectivity index (χ1n) is 15.4. The van der Waals surface area contributed by atoms with Crippen LogP contribution in [-0.2, 0) is 9.53 Å². The Kier molecular flexibility index (Phi) is 7.63. The standard InChI is InChI=1S/C35H34F3N3O4Si/c1-35(2,3)45-34(44)23(18-39)27-30(36)28(29(33(42)43)32(38)31(27)37)26-21-10-8-19(40-12-6-13-40)16-24(21)46(4,5)25-17-20(9-11-22(25)26)41-14-7-15-41/h8-11,16-17,23H,6-7,12-15H2,1-5H3/p+1. The van der Waals surface area contributed by atoms with Crippen molar-refractivity contribution < 1.29 is 37.2 Å². The second-order valence-electron chi connectivity index (χ2n) is 13.6. The molecule has 3 aliphatic heterocycles. The molecule has 2 fully saturated rings. The van der Waals surface area contributed by atoms with Crippen molar-refractivity contribution in [3.63, 3.8) is 0 Å². The van der Waals surface area contributed by atoms with Crippen LogP contribution in [0.2, 0.25) is 13.1 Å². The maximum atomic E-state index is 17.0. The number of nitrogens with zero attached hydrogens (tertiary/aromatic N) is 3. The zero-order chi connectivity index (χ0) is 33.3. The van der Waals surface area contributed by atoms with Gasteiger partial charge in [0.1, 0.15) is 38.1 Å². The Morgan fingerprint density at radius 2 is 1.76 bits per heavy atom. The Labute approximate surface area is 266 Å². The van der Waals surface area contributed by atoms with Crippen LogP contribution in [0.5, 0.6) is 0 Å². The van der Waals surface area contributed by atoms with Crippen LogP contribution in [0.15, 0.2) is 47.2 Å². The van der Waals surface area contributed by atoms with Crippen molar-refractivity contribution in [1.29, 1.82) is 5.26 Å². The minimum absolute atomic E-state index is 0.0815. The first kappa shape index (κ1) is 31.5. The number of carboxylic acid groups (broad SMARTS) is 1. The molecule has 238 valence electrons. The average molecular weight is 647 g/mol. The number of hydrogen-bond acceptors (Lipinski definition) is 5. The fraction of sp³-hybridized carbons (Fsp3) is 0.371. The number of benzene rings is 2. The van der Waals surface area contributed by atoms with E-state index in [2.05, 4.69) is 34.7 Å². The van der Waals surface area contributed by atoms with Crippen LogP contribution in [0.25, 0.3) is 5.57 Å². The number of esters is 1. The zero-order valence-corrected chi connectivity index (χ0v) is 27.4. The van der Waals surface area contributed by atoms with Crippen LogP contribution in [0.1, 0.15) is 66.6 Å². The summed E-state index contributed by atoms with van der Waals surface area (Å²) in [7, 11) is -2.55. The molecule has 6 rings (SSSR count). The van der Waals surface area contributed by atoms with E-state index in [1.54, 1.807) is 18.2 Å². The van der Waals surface area contributed by atoms with Crippen molar-refractivity contribution >= 4 is 42.2 Å². The van der Waals surface area contributed by atoms with E-state index >= 15 is 13.2 Å². The first-order chi connectivity index (χ1) is 21.7. The molecule has 2 aromatic rings. The lowest BCUT2D eigenvalue weighted by Crippen LogP contribution is -2.50. The number of nitriles is 1. The molecule has 0 saturated carbocycles. The number of carbonyl (C=O) groups excluding carboxylic acids is 1. The van der Waals surface area contributed by atoms with Crippen LogP contribution < -0.4 is 10.1 Å². The molecule has 3 heterocycles. The molecule has 0 bridgehead atoms. The summed E-state index contributed by atoms with van der Waals surface area (Å²) in [6.45, 7) is 12.4. The summed E-state index contributed by atoms with van der Waals surface area (Å²) in [5.41, 5.74) is -1.14. The van der Waals surface area contributed by atoms with Gasteiger partial charge in [0.15, 0.2) is 23.3 Å².